The summed E-state index contributed by atoms with van der Waals surface area (Å²) in [6, 6.07) is 10.1. The largest absolute Gasteiger partial charge is 0.496 e. The number of methoxy groups -OCH3 is 1. The van der Waals surface area contributed by atoms with E-state index in [1.807, 2.05) is 47.1 Å². The number of fused-ring (bicyclic) bond motifs is 2. The van der Waals surface area contributed by atoms with Gasteiger partial charge in [-0.1, -0.05) is 0 Å². The number of hydrogen-bond acceptors (Lipinski definition) is 6. The first kappa shape index (κ1) is 22.7. The second-order valence-corrected chi connectivity index (χ2v) is 9.13. The maximum Gasteiger partial charge on any atom is 0.317 e. The molecule has 1 fully saturated rings. The lowest BCUT2D eigenvalue weighted by Crippen LogP contribution is -2.49. The molecule has 0 bridgehead atoms. The van der Waals surface area contributed by atoms with Crippen molar-refractivity contribution >= 4 is 27.8 Å². The number of nitrogens with one attached hydrogen (secondary N) is 1. The van der Waals surface area contributed by atoms with E-state index in [2.05, 4.69) is 11.1 Å². The van der Waals surface area contributed by atoms with Crippen LogP contribution >= 0.6 is 0 Å². The topological polar surface area (TPSA) is 116 Å². The number of carboxylic acids is 1. The van der Waals surface area contributed by atoms with Crippen LogP contribution in [0.1, 0.15) is 29.5 Å². The fourth-order valence-corrected chi connectivity index (χ4v) is 4.85. The van der Waals surface area contributed by atoms with E-state index in [1.54, 1.807) is 20.2 Å². The van der Waals surface area contributed by atoms with Crippen molar-refractivity contribution in [2.75, 3.05) is 20.7 Å². The molecule has 35 heavy (non-hydrogen) atoms. The van der Waals surface area contributed by atoms with Gasteiger partial charge in [-0.15, -0.1) is 0 Å². The number of aliphatic carboxylic acids is 1. The Morgan fingerprint density at radius 2 is 2.17 bits per heavy atom. The summed E-state index contributed by atoms with van der Waals surface area (Å²) in [5.41, 5.74) is 4.28. The number of aromatic nitrogens is 3. The molecule has 180 valence electrons. The fourth-order valence-electron chi connectivity index (χ4n) is 4.85. The van der Waals surface area contributed by atoms with Crippen LogP contribution in [-0.4, -0.2) is 63.6 Å². The van der Waals surface area contributed by atoms with E-state index in [9.17, 15) is 10.1 Å². The van der Waals surface area contributed by atoms with Crippen molar-refractivity contribution in [1.29, 1.82) is 5.26 Å². The summed E-state index contributed by atoms with van der Waals surface area (Å²) in [4.78, 5) is 16.1. The SMILES string of the molecule is COc1cc(C)c2[nH]ccc2c1Cn1cc2ccc(C#N)c(OC3CC(N(C)CC(=O)O)C3)c2n1. The lowest BCUT2D eigenvalue weighted by Gasteiger charge is -2.40. The minimum Gasteiger partial charge on any atom is -0.496 e. The molecule has 0 atom stereocenters. The Hall–Kier alpha value is -4.03. The number of hydrogen-bond donors (Lipinski definition) is 2. The molecule has 1 saturated carbocycles. The molecule has 1 aliphatic carbocycles. The molecule has 5 rings (SSSR count). The number of likely N-dealkylation sites (N-methyl/N-ethyl adjacent to an activating group) is 1. The number of aromatic amines is 1. The van der Waals surface area contributed by atoms with Gasteiger partial charge in [0, 0.05) is 53.1 Å². The van der Waals surface area contributed by atoms with E-state index >= 15 is 0 Å². The van der Waals surface area contributed by atoms with Crippen LogP contribution in [-0.2, 0) is 11.3 Å². The van der Waals surface area contributed by atoms with Gasteiger partial charge in [0.15, 0.2) is 5.75 Å². The molecular formula is C26H27N5O4. The molecule has 9 heteroatoms. The number of carbonyl (C=O) groups is 1. The number of benzene rings is 2. The predicted octanol–water partition coefficient (Wildman–Crippen LogP) is 3.68. The maximum atomic E-state index is 11.0. The maximum absolute atomic E-state index is 11.0. The highest BCUT2D eigenvalue weighted by Crippen LogP contribution is 2.36. The van der Waals surface area contributed by atoms with E-state index in [1.165, 1.54) is 0 Å². The summed E-state index contributed by atoms with van der Waals surface area (Å²) < 4.78 is 13.8. The highest BCUT2D eigenvalue weighted by Gasteiger charge is 2.35. The summed E-state index contributed by atoms with van der Waals surface area (Å²) in [5.74, 6) is 0.436. The predicted molar refractivity (Wildman–Crippen MR) is 131 cm³/mol. The Morgan fingerprint density at radius 1 is 1.37 bits per heavy atom. The van der Waals surface area contributed by atoms with Gasteiger partial charge < -0.3 is 19.6 Å². The standard InChI is InChI=1S/C26H27N5O4/c1-15-8-22(34-3)21(20-6-7-28-24(15)20)13-31-12-17-5-4-16(11-27)26(25(17)29-31)35-19-9-18(10-19)30(2)14-23(32)33/h4-8,12,18-19,28H,9-10,13-14H2,1-3H3,(H,32,33). The Labute approximate surface area is 202 Å². The minimum absolute atomic E-state index is 0.00228. The molecule has 2 aromatic carbocycles. The normalized spacial score (nSPS) is 17.5. The third kappa shape index (κ3) is 4.17. The summed E-state index contributed by atoms with van der Waals surface area (Å²) in [7, 11) is 3.47. The van der Waals surface area contributed by atoms with Gasteiger partial charge in [-0.25, -0.2) is 0 Å². The smallest absolute Gasteiger partial charge is 0.317 e. The van der Waals surface area contributed by atoms with Gasteiger partial charge in [-0.2, -0.15) is 10.4 Å². The zero-order valence-corrected chi connectivity index (χ0v) is 19.9. The van der Waals surface area contributed by atoms with Crippen molar-refractivity contribution < 1.29 is 19.4 Å². The molecule has 4 aromatic rings. The van der Waals surface area contributed by atoms with E-state index in [-0.39, 0.29) is 18.7 Å². The lowest BCUT2D eigenvalue weighted by molar-refractivity contribution is -0.139. The van der Waals surface area contributed by atoms with Crippen molar-refractivity contribution in [2.45, 2.75) is 38.5 Å². The van der Waals surface area contributed by atoms with E-state index in [0.29, 0.717) is 36.2 Å². The number of nitriles is 1. The lowest BCUT2D eigenvalue weighted by atomic mass is 9.88. The van der Waals surface area contributed by atoms with E-state index < -0.39 is 5.97 Å². The van der Waals surface area contributed by atoms with Gasteiger partial charge in [-0.05, 0) is 43.8 Å². The third-order valence-electron chi connectivity index (χ3n) is 6.81. The number of carboxylic acid groups (broad SMARTS) is 1. The molecule has 0 saturated heterocycles. The second-order valence-electron chi connectivity index (χ2n) is 9.13. The first-order valence-electron chi connectivity index (χ1n) is 11.5. The first-order valence-corrected chi connectivity index (χ1v) is 11.5. The van der Waals surface area contributed by atoms with Crippen LogP contribution in [0.2, 0.25) is 0 Å². The van der Waals surface area contributed by atoms with Gasteiger partial charge in [0.1, 0.15) is 23.4 Å². The molecule has 0 unspecified atom stereocenters. The average molecular weight is 474 g/mol. The van der Waals surface area contributed by atoms with Gasteiger partial charge in [0.2, 0.25) is 0 Å². The van der Waals surface area contributed by atoms with Crippen LogP contribution in [0.25, 0.3) is 21.8 Å². The molecule has 2 heterocycles. The summed E-state index contributed by atoms with van der Waals surface area (Å²) in [6.45, 7) is 2.54. The second kappa shape index (κ2) is 8.96. The number of nitrogens with zero attached hydrogens (tertiary/aromatic N) is 4. The van der Waals surface area contributed by atoms with Crippen molar-refractivity contribution in [3.05, 3.63) is 53.3 Å². The molecular weight excluding hydrogens is 446 g/mol. The first-order chi connectivity index (χ1) is 16.9. The van der Waals surface area contributed by atoms with Crippen molar-refractivity contribution in [3.63, 3.8) is 0 Å². The van der Waals surface area contributed by atoms with Gasteiger partial charge in [0.05, 0.1) is 25.8 Å². The minimum atomic E-state index is -0.846. The van der Waals surface area contributed by atoms with Crippen LogP contribution in [0.15, 0.2) is 36.7 Å². The Kier molecular flexibility index (Phi) is 5.83. The highest BCUT2D eigenvalue weighted by molar-refractivity contribution is 5.89. The highest BCUT2D eigenvalue weighted by atomic mass is 16.5. The Morgan fingerprint density at radius 3 is 2.89 bits per heavy atom. The van der Waals surface area contributed by atoms with E-state index in [0.717, 1.165) is 33.2 Å². The summed E-state index contributed by atoms with van der Waals surface area (Å²) in [5, 5.41) is 25.5. The molecule has 1 aliphatic rings. The van der Waals surface area contributed by atoms with Gasteiger partial charge >= 0.3 is 5.97 Å². The van der Waals surface area contributed by atoms with Crippen molar-refractivity contribution in [3.8, 4) is 17.6 Å². The monoisotopic (exact) mass is 473 g/mol. The van der Waals surface area contributed by atoms with Crippen molar-refractivity contribution in [1.82, 2.24) is 19.7 Å². The summed E-state index contributed by atoms with van der Waals surface area (Å²) >= 11 is 0. The molecule has 2 aromatic heterocycles. The van der Waals surface area contributed by atoms with Gasteiger partial charge in [0.25, 0.3) is 0 Å². The molecule has 0 aliphatic heterocycles. The zero-order chi connectivity index (χ0) is 24.7. The quantitative estimate of drug-likeness (QED) is 0.401. The van der Waals surface area contributed by atoms with Crippen LogP contribution in [0.4, 0.5) is 0 Å². The third-order valence-corrected chi connectivity index (χ3v) is 6.81. The number of aryl methyl sites for hydroxylation is 1. The Bertz CT molecular complexity index is 1460. The molecule has 0 spiro atoms. The van der Waals surface area contributed by atoms with Crippen LogP contribution in [0.3, 0.4) is 0 Å². The summed E-state index contributed by atoms with van der Waals surface area (Å²) in [6.07, 6.45) is 5.20. The molecule has 0 amide bonds. The van der Waals surface area contributed by atoms with Crippen LogP contribution < -0.4 is 9.47 Å². The van der Waals surface area contributed by atoms with Crippen LogP contribution in [0.5, 0.6) is 11.5 Å². The van der Waals surface area contributed by atoms with Gasteiger partial charge in [-0.3, -0.25) is 14.4 Å². The van der Waals surface area contributed by atoms with Crippen LogP contribution in [0, 0.1) is 18.3 Å². The number of ether oxygens (including phenoxy) is 2. The molecule has 9 nitrogen and oxygen atoms in total. The molecule has 0 radical (unpaired) electrons. The zero-order valence-electron chi connectivity index (χ0n) is 19.9. The average Bonchev–Trinajstić information content (AvgIpc) is 3.44. The fraction of sp³-hybridized carbons (Fsp3) is 0.346. The molecule has 2 N–H and O–H groups in total. The van der Waals surface area contributed by atoms with Crippen molar-refractivity contribution in [2.24, 2.45) is 0 Å². The number of rotatable bonds is 8. The number of H-pyrrole nitrogens is 1. The van der Waals surface area contributed by atoms with E-state index in [4.69, 9.17) is 19.7 Å². The Balaban J connectivity index is 1.43.